The molecule has 25 heavy (non-hydrogen) atoms. The number of nitrogens with zero attached hydrogens (tertiary/aromatic N) is 1. The number of hydrogen-bond donors (Lipinski definition) is 0. The predicted molar refractivity (Wildman–Crippen MR) is 102 cm³/mol. The fourth-order valence-corrected chi connectivity index (χ4v) is 3.72. The van der Waals surface area contributed by atoms with Crippen LogP contribution < -0.4 is 14.4 Å². The number of para-hydroxylation sites is 1. The first-order valence-electron chi connectivity index (χ1n) is 8.61. The Labute approximate surface area is 153 Å². The van der Waals surface area contributed by atoms with E-state index in [9.17, 15) is 4.79 Å². The van der Waals surface area contributed by atoms with Gasteiger partial charge in [0.25, 0.3) is 0 Å². The number of carbonyl (C=O) groups is 1. The SMILES string of the molecule is CCN(C(=O)C(C)Sc1ccc2c(c1)OCCCO2)c1ccccc1. The second-order valence-electron chi connectivity index (χ2n) is 5.84. The van der Waals surface area contributed by atoms with Gasteiger partial charge in [-0.05, 0) is 44.2 Å². The smallest absolute Gasteiger partial charge is 0.240 e. The molecule has 1 amide bonds. The van der Waals surface area contributed by atoms with Crippen LogP contribution in [-0.2, 0) is 4.79 Å². The van der Waals surface area contributed by atoms with Crippen molar-refractivity contribution in [3.05, 3.63) is 48.5 Å². The zero-order chi connectivity index (χ0) is 17.6. The van der Waals surface area contributed by atoms with Crippen LogP contribution in [0.15, 0.2) is 53.4 Å². The standard InChI is InChI=1S/C20H23NO3S/c1-3-21(16-8-5-4-6-9-16)20(22)15(2)25-17-10-11-18-19(14-17)24-13-7-12-23-18/h4-6,8-11,14-15H,3,7,12-13H2,1-2H3. The van der Waals surface area contributed by atoms with Gasteiger partial charge in [-0.25, -0.2) is 0 Å². The maximum absolute atomic E-state index is 12.9. The zero-order valence-electron chi connectivity index (χ0n) is 14.6. The van der Waals surface area contributed by atoms with E-state index in [-0.39, 0.29) is 11.2 Å². The molecule has 1 heterocycles. The molecule has 0 N–H and O–H groups in total. The van der Waals surface area contributed by atoms with E-state index >= 15 is 0 Å². The third-order valence-electron chi connectivity index (χ3n) is 4.03. The van der Waals surface area contributed by atoms with Crippen LogP contribution in [0.2, 0.25) is 0 Å². The van der Waals surface area contributed by atoms with Crippen LogP contribution in [0.5, 0.6) is 11.5 Å². The summed E-state index contributed by atoms with van der Waals surface area (Å²) in [6.07, 6.45) is 0.884. The summed E-state index contributed by atoms with van der Waals surface area (Å²) in [4.78, 5) is 15.7. The van der Waals surface area contributed by atoms with E-state index in [1.807, 2.05) is 67.3 Å². The molecule has 0 radical (unpaired) electrons. The van der Waals surface area contributed by atoms with Gasteiger partial charge in [0.2, 0.25) is 5.91 Å². The van der Waals surface area contributed by atoms with Crippen LogP contribution in [0.3, 0.4) is 0 Å². The lowest BCUT2D eigenvalue weighted by molar-refractivity contribution is -0.117. The number of rotatable bonds is 5. The molecular formula is C20H23NO3S. The Morgan fingerprint density at radius 2 is 1.84 bits per heavy atom. The van der Waals surface area contributed by atoms with Gasteiger partial charge in [0, 0.05) is 23.5 Å². The van der Waals surface area contributed by atoms with Gasteiger partial charge < -0.3 is 14.4 Å². The third-order valence-corrected chi connectivity index (χ3v) is 5.11. The second-order valence-corrected chi connectivity index (χ2v) is 7.25. The number of hydrogen-bond acceptors (Lipinski definition) is 4. The van der Waals surface area contributed by atoms with Crippen molar-refractivity contribution in [1.29, 1.82) is 0 Å². The number of ether oxygens (including phenoxy) is 2. The van der Waals surface area contributed by atoms with Crippen molar-refractivity contribution < 1.29 is 14.3 Å². The summed E-state index contributed by atoms with van der Waals surface area (Å²) < 4.78 is 11.4. The molecule has 132 valence electrons. The van der Waals surface area contributed by atoms with Crippen LogP contribution in [0.1, 0.15) is 20.3 Å². The lowest BCUT2D eigenvalue weighted by Crippen LogP contribution is -2.36. The third kappa shape index (κ3) is 4.28. The summed E-state index contributed by atoms with van der Waals surface area (Å²) in [7, 11) is 0. The Kier molecular flexibility index (Phi) is 5.87. The number of carbonyl (C=O) groups excluding carboxylic acids is 1. The molecule has 2 aromatic rings. The Morgan fingerprint density at radius 1 is 1.12 bits per heavy atom. The highest BCUT2D eigenvalue weighted by Gasteiger charge is 2.22. The van der Waals surface area contributed by atoms with E-state index < -0.39 is 0 Å². The quantitative estimate of drug-likeness (QED) is 0.744. The summed E-state index contributed by atoms with van der Waals surface area (Å²) in [6.45, 7) is 5.93. The summed E-state index contributed by atoms with van der Waals surface area (Å²) in [6, 6.07) is 15.7. The predicted octanol–water partition coefficient (Wildman–Crippen LogP) is 4.38. The van der Waals surface area contributed by atoms with Crippen molar-refractivity contribution in [2.45, 2.75) is 30.4 Å². The average Bonchev–Trinajstić information content (AvgIpc) is 2.88. The van der Waals surface area contributed by atoms with E-state index in [4.69, 9.17) is 9.47 Å². The first-order valence-corrected chi connectivity index (χ1v) is 9.49. The fourth-order valence-electron chi connectivity index (χ4n) is 2.76. The topological polar surface area (TPSA) is 38.8 Å². The summed E-state index contributed by atoms with van der Waals surface area (Å²) in [5.41, 5.74) is 0.932. The highest BCUT2D eigenvalue weighted by atomic mass is 32.2. The van der Waals surface area contributed by atoms with Crippen LogP contribution in [0.4, 0.5) is 5.69 Å². The minimum absolute atomic E-state index is 0.103. The van der Waals surface area contributed by atoms with Crippen molar-refractivity contribution in [3.63, 3.8) is 0 Å². The molecule has 0 fully saturated rings. The van der Waals surface area contributed by atoms with Gasteiger partial charge in [-0.1, -0.05) is 18.2 Å². The van der Waals surface area contributed by atoms with Gasteiger partial charge in [0.15, 0.2) is 11.5 Å². The lowest BCUT2D eigenvalue weighted by atomic mass is 10.2. The van der Waals surface area contributed by atoms with E-state index in [0.29, 0.717) is 19.8 Å². The Balaban J connectivity index is 1.72. The molecule has 1 atom stereocenters. The molecule has 1 aliphatic rings. The van der Waals surface area contributed by atoms with E-state index in [1.165, 1.54) is 0 Å². The second kappa shape index (κ2) is 8.30. The Hall–Kier alpha value is -2.14. The summed E-state index contributed by atoms with van der Waals surface area (Å²) >= 11 is 1.54. The van der Waals surface area contributed by atoms with Gasteiger partial charge >= 0.3 is 0 Å². The number of anilines is 1. The van der Waals surface area contributed by atoms with Crippen molar-refractivity contribution in [2.24, 2.45) is 0 Å². The van der Waals surface area contributed by atoms with Crippen molar-refractivity contribution in [2.75, 3.05) is 24.7 Å². The van der Waals surface area contributed by atoms with Crippen molar-refractivity contribution in [1.82, 2.24) is 0 Å². The lowest BCUT2D eigenvalue weighted by Gasteiger charge is -2.24. The number of benzene rings is 2. The molecule has 0 saturated heterocycles. The Bertz CT molecular complexity index is 720. The van der Waals surface area contributed by atoms with Crippen LogP contribution in [0, 0.1) is 0 Å². The molecule has 4 nitrogen and oxygen atoms in total. The number of thioether (sulfide) groups is 1. The zero-order valence-corrected chi connectivity index (χ0v) is 15.4. The molecule has 1 unspecified atom stereocenters. The Morgan fingerprint density at radius 3 is 2.56 bits per heavy atom. The van der Waals surface area contributed by atoms with E-state index in [1.54, 1.807) is 11.8 Å². The summed E-state index contributed by atoms with van der Waals surface area (Å²) in [5, 5.41) is -0.190. The van der Waals surface area contributed by atoms with Gasteiger partial charge in [0.05, 0.1) is 18.5 Å². The molecule has 0 saturated carbocycles. The highest BCUT2D eigenvalue weighted by molar-refractivity contribution is 8.00. The molecule has 2 aromatic carbocycles. The van der Waals surface area contributed by atoms with Gasteiger partial charge in [-0.3, -0.25) is 4.79 Å². The first kappa shape index (κ1) is 17.7. The minimum Gasteiger partial charge on any atom is -0.490 e. The molecule has 0 spiro atoms. The largest absolute Gasteiger partial charge is 0.490 e. The van der Waals surface area contributed by atoms with E-state index in [0.717, 1.165) is 28.5 Å². The van der Waals surface area contributed by atoms with Crippen LogP contribution in [-0.4, -0.2) is 30.9 Å². The van der Waals surface area contributed by atoms with Crippen molar-refractivity contribution >= 4 is 23.4 Å². The van der Waals surface area contributed by atoms with Crippen LogP contribution in [0.25, 0.3) is 0 Å². The summed E-state index contributed by atoms with van der Waals surface area (Å²) in [5.74, 6) is 1.64. The maximum Gasteiger partial charge on any atom is 0.240 e. The average molecular weight is 357 g/mol. The minimum atomic E-state index is -0.190. The molecule has 3 rings (SSSR count). The monoisotopic (exact) mass is 357 g/mol. The van der Waals surface area contributed by atoms with Gasteiger partial charge in [-0.2, -0.15) is 0 Å². The molecule has 0 bridgehead atoms. The fraction of sp³-hybridized carbons (Fsp3) is 0.350. The molecule has 0 aromatic heterocycles. The number of amides is 1. The van der Waals surface area contributed by atoms with Crippen molar-refractivity contribution in [3.8, 4) is 11.5 Å². The first-order chi connectivity index (χ1) is 12.2. The van der Waals surface area contributed by atoms with Gasteiger partial charge in [-0.15, -0.1) is 11.8 Å². The number of fused-ring (bicyclic) bond motifs is 1. The van der Waals surface area contributed by atoms with Gasteiger partial charge in [0.1, 0.15) is 0 Å². The van der Waals surface area contributed by atoms with E-state index in [2.05, 4.69) is 0 Å². The molecule has 0 aliphatic carbocycles. The molecule has 1 aliphatic heterocycles. The normalized spacial score (nSPS) is 14.5. The van der Waals surface area contributed by atoms with Crippen LogP contribution >= 0.6 is 11.8 Å². The molecular weight excluding hydrogens is 334 g/mol. The highest BCUT2D eigenvalue weighted by Crippen LogP contribution is 2.35. The maximum atomic E-state index is 12.9. The molecule has 5 heteroatoms.